The number of fused-ring (bicyclic) bond motifs is 6. The summed E-state index contributed by atoms with van der Waals surface area (Å²) in [6.07, 6.45) is -4.53. The molecule has 240 valence electrons. The first-order chi connectivity index (χ1) is 23.4. The summed E-state index contributed by atoms with van der Waals surface area (Å²) in [6, 6.07) is 35.5. The topological polar surface area (TPSA) is 33.6 Å². The van der Waals surface area contributed by atoms with Crippen molar-refractivity contribution in [2.75, 3.05) is 0 Å². The summed E-state index contributed by atoms with van der Waals surface area (Å²) in [6.45, 7) is 9.89. The van der Waals surface area contributed by atoms with E-state index in [1.807, 2.05) is 50.2 Å². The SMILES string of the molecule is Cc1cc(-c2ccc(-n3c4ccc(C)cc4c4cc(C)ccc43)c(C#N)c2-n2c3ccc(C)cc3c3cc(C)ccc32)cc(C(F)(F)F)c1. The zero-order valence-corrected chi connectivity index (χ0v) is 27.8. The Morgan fingerprint density at radius 2 is 0.959 bits per heavy atom. The van der Waals surface area contributed by atoms with Crippen molar-refractivity contribution in [1.29, 1.82) is 5.26 Å². The minimum atomic E-state index is -4.53. The molecule has 0 amide bonds. The molecular weight excluding hydrogens is 615 g/mol. The molecule has 0 saturated carbocycles. The minimum Gasteiger partial charge on any atom is -0.308 e. The number of benzene rings is 6. The number of aromatic nitrogens is 2. The molecule has 0 saturated heterocycles. The Bertz CT molecular complexity index is 2600. The Balaban J connectivity index is 1.57. The van der Waals surface area contributed by atoms with E-state index in [0.29, 0.717) is 33.6 Å². The van der Waals surface area contributed by atoms with Gasteiger partial charge in [0.1, 0.15) is 11.6 Å². The second-order valence-corrected chi connectivity index (χ2v) is 13.3. The van der Waals surface area contributed by atoms with Crippen LogP contribution in [0.2, 0.25) is 0 Å². The maximum Gasteiger partial charge on any atom is 0.416 e. The Labute approximate surface area is 282 Å². The molecule has 0 aliphatic heterocycles. The van der Waals surface area contributed by atoms with Crippen molar-refractivity contribution >= 4 is 43.6 Å². The fourth-order valence-corrected chi connectivity index (χ4v) is 7.45. The van der Waals surface area contributed by atoms with Crippen LogP contribution in [0.15, 0.2) is 103 Å². The van der Waals surface area contributed by atoms with Gasteiger partial charge in [-0.05, 0) is 112 Å². The summed E-state index contributed by atoms with van der Waals surface area (Å²) >= 11 is 0. The molecule has 2 aromatic heterocycles. The van der Waals surface area contributed by atoms with Gasteiger partial charge in [-0.2, -0.15) is 18.4 Å². The molecule has 8 aromatic rings. The van der Waals surface area contributed by atoms with Crippen LogP contribution in [0.1, 0.15) is 38.9 Å². The van der Waals surface area contributed by atoms with Crippen LogP contribution in [0.5, 0.6) is 0 Å². The van der Waals surface area contributed by atoms with Crippen molar-refractivity contribution in [3.63, 3.8) is 0 Å². The summed E-state index contributed by atoms with van der Waals surface area (Å²) in [5.41, 5.74) is 10.3. The molecule has 0 N–H and O–H groups in total. The zero-order chi connectivity index (χ0) is 34.4. The number of hydrogen-bond acceptors (Lipinski definition) is 1. The Kier molecular flexibility index (Phi) is 6.77. The van der Waals surface area contributed by atoms with E-state index in [4.69, 9.17) is 0 Å². The normalized spacial score (nSPS) is 12.1. The highest BCUT2D eigenvalue weighted by atomic mass is 19.4. The highest BCUT2D eigenvalue weighted by Crippen LogP contribution is 2.43. The molecule has 0 unspecified atom stereocenters. The average molecular weight is 648 g/mol. The van der Waals surface area contributed by atoms with Gasteiger partial charge in [0.2, 0.25) is 0 Å². The quantitative estimate of drug-likeness (QED) is 0.188. The molecular formula is C43H32F3N3. The highest BCUT2D eigenvalue weighted by Gasteiger charge is 2.32. The van der Waals surface area contributed by atoms with Crippen LogP contribution in [0.25, 0.3) is 66.1 Å². The first-order valence-electron chi connectivity index (χ1n) is 16.2. The predicted octanol–water partition coefficient (Wildman–Crippen LogP) is 12.0. The Morgan fingerprint density at radius 1 is 0.510 bits per heavy atom. The van der Waals surface area contributed by atoms with Crippen molar-refractivity contribution < 1.29 is 13.2 Å². The van der Waals surface area contributed by atoms with Gasteiger partial charge in [-0.15, -0.1) is 0 Å². The largest absolute Gasteiger partial charge is 0.416 e. The smallest absolute Gasteiger partial charge is 0.308 e. The first kappa shape index (κ1) is 30.5. The van der Waals surface area contributed by atoms with E-state index in [2.05, 4.69) is 77.6 Å². The molecule has 6 aromatic carbocycles. The van der Waals surface area contributed by atoms with Gasteiger partial charge in [0.05, 0.1) is 39.0 Å². The summed E-state index contributed by atoms with van der Waals surface area (Å²) in [7, 11) is 0. The number of hydrogen-bond donors (Lipinski definition) is 0. The first-order valence-corrected chi connectivity index (χ1v) is 16.2. The molecule has 3 nitrogen and oxygen atoms in total. The number of aryl methyl sites for hydroxylation is 5. The minimum absolute atomic E-state index is 0.368. The van der Waals surface area contributed by atoms with Crippen molar-refractivity contribution in [1.82, 2.24) is 9.13 Å². The maximum absolute atomic E-state index is 14.2. The van der Waals surface area contributed by atoms with E-state index in [0.717, 1.165) is 71.9 Å². The van der Waals surface area contributed by atoms with Crippen LogP contribution < -0.4 is 0 Å². The van der Waals surface area contributed by atoms with Gasteiger partial charge in [0, 0.05) is 27.1 Å². The van der Waals surface area contributed by atoms with Crippen molar-refractivity contribution in [3.05, 3.63) is 142 Å². The number of halogens is 3. The van der Waals surface area contributed by atoms with E-state index in [-0.39, 0.29) is 0 Å². The summed E-state index contributed by atoms with van der Waals surface area (Å²) < 4.78 is 46.8. The fraction of sp³-hybridized carbons (Fsp3) is 0.140. The second-order valence-electron chi connectivity index (χ2n) is 13.3. The summed E-state index contributed by atoms with van der Waals surface area (Å²) in [5, 5.41) is 15.4. The van der Waals surface area contributed by atoms with Crippen LogP contribution in [0.3, 0.4) is 0 Å². The lowest BCUT2D eigenvalue weighted by molar-refractivity contribution is -0.137. The van der Waals surface area contributed by atoms with Crippen molar-refractivity contribution in [2.24, 2.45) is 0 Å². The Morgan fingerprint density at radius 3 is 1.39 bits per heavy atom. The van der Waals surface area contributed by atoms with Crippen LogP contribution in [0, 0.1) is 45.9 Å². The predicted molar refractivity (Wildman–Crippen MR) is 194 cm³/mol. The molecule has 0 atom stereocenters. The van der Waals surface area contributed by atoms with Crippen molar-refractivity contribution in [3.8, 4) is 28.6 Å². The van der Waals surface area contributed by atoms with Gasteiger partial charge in [-0.3, -0.25) is 0 Å². The molecule has 2 heterocycles. The highest BCUT2D eigenvalue weighted by molar-refractivity contribution is 6.12. The third kappa shape index (κ3) is 4.80. The molecule has 0 spiro atoms. The van der Waals surface area contributed by atoms with E-state index in [1.165, 1.54) is 6.07 Å². The number of nitrogens with zero attached hydrogens (tertiary/aromatic N) is 3. The second kappa shape index (κ2) is 10.9. The van der Waals surface area contributed by atoms with E-state index < -0.39 is 11.7 Å². The lowest BCUT2D eigenvalue weighted by atomic mass is 9.95. The molecule has 6 heteroatoms. The van der Waals surface area contributed by atoms with Crippen LogP contribution in [0.4, 0.5) is 13.2 Å². The van der Waals surface area contributed by atoms with Crippen LogP contribution in [-0.4, -0.2) is 9.13 Å². The van der Waals surface area contributed by atoms with Crippen LogP contribution >= 0.6 is 0 Å². The Hall–Kier alpha value is -5.80. The molecule has 0 radical (unpaired) electrons. The molecule has 0 aliphatic rings. The molecule has 49 heavy (non-hydrogen) atoms. The third-order valence-corrected chi connectivity index (χ3v) is 9.60. The van der Waals surface area contributed by atoms with Gasteiger partial charge in [0.15, 0.2) is 0 Å². The van der Waals surface area contributed by atoms with E-state index in [1.54, 1.807) is 13.0 Å². The van der Waals surface area contributed by atoms with Gasteiger partial charge >= 0.3 is 6.18 Å². The standard InChI is InChI=1S/C43H32F3N3/c1-24-6-11-37-32(18-24)33-19-25(2)7-12-38(33)48(37)41-15-10-31(29-16-28(5)17-30(22-29)43(44,45)46)42(36(41)23-47)49-39-13-8-26(3)20-34(39)35-21-27(4)9-14-40(35)49/h6-22H,1-5H3. The van der Waals surface area contributed by atoms with Crippen molar-refractivity contribution in [2.45, 2.75) is 40.8 Å². The molecule has 8 rings (SSSR count). The number of rotatable bonds is 3. The van der Waals surface area contributed by atoms with E-state index >= 15 is 0 Å². The lowest BCUT2D eigenvalue weighted by Gasteiger charge is -2.21. The summed E-state index contributed by atoms with van der Waals surface area (Å²) in [4.78, 5) is 0. The van der Waals surface area contributed by atoms with E-state index in [9.17, 15) is 18.4 Å². The zero-order valence-electron chi connectivity index (χ0n) is 27.8. The maximum atomic E-state index is 14.2. The van der Waals surface area contributed by atoms with Gasteiger partial charge in [0.25, 0.3) is 0 Å². The molecule has 0 fully saturated rings. The van der Waals surface area contributed by atoms with Gasteiger partial charge in [-0.1, -0.05) is 58.7 Å². The van der Waals surface area contributed by atoms with Crippen LogP contribution in [-0.2, 0) is 6.18 Å². The number of nitriles is 1. The van der Waals surface area contributed by atoms with Gasteiger partial charge < -0.3 is 9.13 Å². The molecule has 0 bridgehead atoms. The fourth-order valence-electron chi connectivity index (χ4n) is 7.45. The number of alkyl halides is 3. The lowest BCUT2D eigenvalue weighted by Crippen LogP contribution is -2.08. The average Bonchev–Trinajstić information content (AvgIpc) is 3.54. The summed E-state index contributed by atoms with van der Waals surface area (Å²) in [5.74, 6) is 0. The molecule has 0 aliphatic carbocycles. The monoisotopic (exact) mass is 647 g/mol. The van der Waals surface area contributed by atoms with Gasteiger partial charge in [-0.25, -0.2) is 0 Å². The third-order valence-electron chi connectivity index (χ3n) is 9.60.